The Morgan fingerprint density at radius 3 is 2.48 bits per heavy atom. The van der Waals surface area contributed by atoms with Gasteiger partial charge >= 0.3 is 0 Å². The van der Waals surface area contributed by atoms with Gasteiger partial charge in [0.2, 0.25) is 0 Å². The normalized spacial score (nSPS) is 21.3. The van der Waals surface area contributed by atoms with Crippen LogP contribution in [0.25, 0.3) is 0 Å². The summed E-state index contributed by atoms with van der Waals surface area (Å²) >= 11 is 0. The van der Waals surface area contributed by atoms with Gasteiger partial charge in [-0.1, -0.05) is 13.3 Å². The van der Waals surface area contributed by atoms with Crippen LogP contribution in [0.4, 0.5) is 0 Å². The summed E-state index contributed by atoms with van der Waals surface area (Å²) in [6.07, 6.45) is 9.10. The molecule has 0 unspecified atom stereocenters. The fourth-order valence-corrected chi connectivity index (χ4v) is 3.99. The summed E-state index contributed by atoms with van der Waals surface area (Å²) < 4.78 is 5.28. The number of hydrogen-bond acceptors (Lipinski definition) is 3. The Hall–Kier alpha value is -0.0800. The Morgan fingerprint density at radius 1 is 1.24 bits per heavy atom. The van der Waals surface area contributed by atoms with Gasteiger partial charge in [-0.25, -0.2) is 0 Å². The van der Waals surface area contributed by atoms with E-state index >= 15 is 0 Å². The molecule has 6 heteroatoms. The Labute approximate surface area is 171 Å². The van der Waals surface area contributed by atoms with Crippen molar-refractivity contribution in [2.75, 3.05) is 53.5 Å². The van der Waals surface area contributed by atoms with Crippen molar-refractivity contribution < 1.29 is 4.74 Å². The van der Waals surface area contributed by atoms with E-state index in [-0.39, 0.29) is 24.0 Å². The summed E-state index contributed by atoms with van der Waals surface area (Å²) in [7, 11) is 3.67. The maximum absolute atomic E-state index is 5.28. The molecule has 0 radical (unpaired) electrons. The molecular formula is C19H39IN4O. The van der Waals surface area contributed by atoms with Crippen molar-refractivity contribution >= 4 is 29.9 Å². The van der Waals surface area contributed by atoms with Crippen LogP contribution in [0, 0.1) is 11.3 Å². The van der Waals surface area contributed by atoms with Crippen LogP contribution < -0.4 is 10.6 Å². The predicted octanol–water partition coefficient (Wildman–Crippen LogP) is 3.10. The third-order valence-corrected chi connectivity index (χ3v) is 6.10. The number of rotatable bonds is 9. The molecule has 5 nitrogen and oxygen atoms in total. The Kier molecular flexibility index (Phi) is 11.3. The summed E-state index contributed by atoms with van der Waals surface area (Å²) in [6, 6.07) is 0. The first-order valence-corrected chi connectivity index (χ1v) is 9.87. The Bertz CT molecular complexity index is 380. The molecule has 0 aromatic carbocycles. The monoisotopic (exact) mass is 466 g/mol. The van der Waals surface area contributed by atoms with Crippen molar-refractivity contribution in [3.05, 3.63) is 0 Å². The molecule has 2 rings (SSSR count). The predicted molar refractivity (Wildman–Crippen MR) is 117 cm³/mol. The minimum Gasteiger partial charge on any atom is -0.385 e. The van der Waals surface area contributed by atoms with Crippen molar-refractivity contribution in [2.24, 2.45) is 16.3 Å². The van der Waals surface area contributed by atoms with Gasteiger partial charge in [0.05, 0.1) is 0 Å². The zero-order valence-electron chi connectivity index (χ0n) is 16.5. The maximum Gasteiger partial charge on any atom is 0.190 e. The first-order chi connectivity index (χ1) is 11.7. The minimum atomic E-state index is 0. The molecule has 1 aliphatic carbocycles. The quantitative estimate of drug-likeness (QED) is 0.312. The van der Waals surface area contributed by atoms with E-state index in [0.717, 1.165) is 38.0 Å². The molecule has 0 aromatic heterocycles. The zero-order valence-corrected chi connectivity index (χ0v) is 18.8. The molecule has 2 N–H and O–H groups in total. The molecule has 0 amide bonds. The molecule has 1 saturated carbocycles. The number of hydrogen-bond donors (Lipinski definition) is 2. The zero-order chi connectivity index (χ0) is 17.3. The van der Waals surface area contributed by atoms with E-state index < -0.39 is 0 Å². The highest BCUT2D eigenvalue weighted by Crippen LogP contribution is 2.43. The van der Waals surface area contributed by atoms with E-state index in [9.17, 15) is 0 Å². The number of aliphatic imine (C=N–C) groups is 1. The topological polar surface area (TPSA) is 48.9 Å². The molecule has 1 saturated heterocycles. The van der Waals surface area contributed by atoms with Crippen molar-refractivity contribution in [2.45, 2.75) is 51.9 Å². The second kappa shape index (κ2) is 12.3. The van der Waals surface area contributed by atoms with Gasteiger partial charge in [-0.3, -0.25) is 4.99 Å². The maximum atomic E-state index is 5.28. The largest absolute Gasteiger partial charge is 0.385 e. The molecule has 0 bridgehead atoms. The molecule has 0 spiro atoms. The number of piperidine rings is 1. The van der Waals surface area contributed by atoms with Gasteiger partial charge in [-0.05, 0) is 69.5 Å². The van der Waals surface area contributed by atoms with Gasteiger partial charge in [0.15, 0.2) is 5.96 Å². The van der Waals surface area contributed by atoms with E-state index in [2.05, 4.69) is 27.4 Å². The standard InChI is InChI=1S/C19H38N4O.HI/c1-4-23-13-7-17(8-14-23)6-12-21-18(20-2)22-16-19(9-5-10-19)11-15-24-3;/h17H,4-16H2,1-3H3,(H2,20,21,22);1H. The smallest absolute Gasteiger partial charge is 0.190 e. The molecule has 2 aliphatic rings. The molecule has 0 aromatic rings. The van der Waals surface area contributed by atoms with Gasteiger partial charge in [0.25, 0.3) is 0 Å². The fraction of sp³-hybridized carbons (Fsp3) is 0.947. The van der Waals surface area contributed by atoms with Crippen LogP contribution in [0.2, 0.25) is 0 Å². The minimum absolute atomic E-state index is 0. The summed E-state index contributed by atoms with van der Waals surface area (Å²) in [5, 5.41) is 7.06. The Balaban J connectivity index is 0.00000312. The first-order valence-electron chi connectivity index (χ1n) is 9.87. The van der Waals surface area contributed by atoms with Crippen LogP contribution in [0.1, 0.15) is 51.9 Å². The van der Waals surface area contributed by atoms with E-state index in [0.29, 0.717) is 5.41 Å². The lowest BCUT2D eigenvalue weighted by molar-refractivity contribution is 0.0732. The third-order valence-electron chi connectivity index (χ3n) is 6.10. The SMILES string of the molecule is CCN1CCC(CCNC(=NC)NCC2(CCOC)CCC2)CC1.I. The van der Waals surface area contributed by atoms with Crippen molar-refractivity contribution in [1.82, 2.24) is 15.5 Å². The lowest BCUT2D eigenvalue weighted by Crippen LogP contribution is -2.47. The molecule has 2 fully saturated rings. The van der Waals surface area contributed by atoms with Crippen LogP contribution in [0.3, 0.4) is 0 Å². The highest BCUT2D eigenvalue weighted by Gasteiger charge is 2.36. The van der Waals surface area contributed by atoms with Crippen LogP contribution in [-0.4, -0.2) is 64.3 Å². The third kappa shape index (κ3) is 7.59. The average molecular weight is 466 g/mol. The lowest BCUT2D eigenvalue weighted by Gasteiger charge is -2.42. The molecule has 25 heavy (non-hydrogen) atoms. The number of methoxy groups -OCH3 is 1. The van der Waals surface area contributed by atoms with Gasteiger partial charge in [-0.15, -0.1) is 24.0 Å². The van der Waals surface area contributed by atoms with E-state index in [1.54, 1.807) is 7.11 Å². The van der Waals surface area contributed by atoms with Crippen molar-refractivity contribution in [1.29, 1.82) is 0 Å². The van der Waals surface area contributed by atoms with E-state index in [1.807, 2.05) is 7.05 Å². The molecular weight excluding hydrogens is 427 g/mol. The van der Waals surface area contributed by atoms with Gasteiger partial charge in [0.1, 0.15) is 0 Å². The fourth-order valence-electron chi connectivity index (χ4n) is 3.99. The summed E-state index contributed by atoms with van der Waals surface area (Å²) in [5.74, 6) is 1.84. The van der Waals surface area contributed by atoms with Gasteiger partial charge < -0.3 is 20.3 Å². The molecule has 1 aliphatic heterocycles. The molecule has 1 heterocycles. The summed E-state index contributed by atoms with van der Waals surface area (Å²) in [4.78, 5) is 6.95. The number of ether oxygens (including phenoxy) is 1. The average Bonchev–Trinajstić information content (AvgIpc) is 2.59. The van der Waals surface area contributed by atoms with Crippen LogP contribution in [0.5, 0.6) is 0 Å². The van der Waals surface area contributed by atoms with Gasteiger partial charge in [0, 0.05) is 33.9 Å². The number of guanidine groups is 1. The number of likely N-dealkylation sites (tertiary alicyclic amines) is 1. The second-order valence-corrected chi connectivity index (χ2v) is 7.62. The van der Waals surface area contributed by atoms with Gasteiger partial charge in [-0.2, -0.15) is 0 Å². The van der Waals surface area contributed by atoms with Crippen molar-refractivity contribution in [3.8, 4) is 0 Å². The highest BCUT2D eigenvalue weighted by atomic mass is 127. The lowest BCUT2D eigenvalue weighted by atomic mass is 9.67. The first kappa shape index (κ1) is 23.0. The highest BCUT2D eigenvalue weighted by molar-refractivity contribution is 14.0. The van der Waals surface area contributed by atoms with E-state index in [4.69, 9.17) is 4.74 Å². The van der Waals surface area contributed by atoms with Crippen LogP contribution in [-0.2, 0) is 4.74 Å². The summed E-state index contributed by atoms with van der Waals surface area (Å²) in [6.45, 7) is 8.92. The van der Waals surface area contributed by atoms with Crippen molar-refractivity contribution in [3.63, 3.8) is 0 Å². The molecule has 0 atom stereocenters. The number of halogens is 1. The number of nitrogens with zero attached hydrogens (tertiary/aromatic N) is 2. The van der Waals surface area contributed by atoms with E-state index in [1.165, 1.54) is 58.2 Å². The molecule has 148 valence electrons. The Morgan fingerprint density at radius 2 is 1.96 bits per heavy atom. The number of nitrogens with one attached hydrogen (secondary N) is 2. The van der Waals surface area contributed by atoms with Crippen LogP contribution >= 0.6 is 24.0 Å². The van der Waals surface area contributed by atoms with Crippen LogP contribution in [0.15, 0.2) is 4.99 Å². The second-order valence-electron chi connectivity index (χ2n) is 7.62. The summed E-state index contributed by atoms with van der Waals surface area (Å²) in [5.41, 5.74) is 0.431.